The Morgan fingerprint density at radius 3 is 2.58 bits per heavy atom. The quantitative estimate of drug-likeness (QED) is 0.717. The standard InChI is InChI=1S/C20H24O4/c1-21-18-9-7-17(8-10-18)20-23-14-12-19(24-20)11-13-22-15-16-5-3-2-4-6-16/h2-10,19-20H,11-15H2,1H3. The molecule has 1 aliphatic rings. The van der Waals surface area contributed by atoms with Crippen molar-refractivity contribution in [3.8, 4) is 5.75 Å². The first-order valence-corrected chi connectivity index (χ1v) is 8.38. The van der Waals surface area contributed by atoms with E-state index in [1.54, 1.807) is 7.11 Å². The van der Waals surface area contributed by atoms with Gasteiger partial charge in [-0.1, -0.05) is 42.5 Å². The molecule has 2 aromatic rings. The second-order valence-electron chi connectivity index (χ2n) is 5.85. The van der Waals surface area contributed by atoms with Gasteiger partial charge in [0.25, 0.3) is 0 Å². The van der Waals surface area contributed by atoms with Crippen LogP contribution in [0.4, 0.5) is 0 Å². The molecule has 1 fully saturated rings. The number of methoxy groups -OCH3 is 1. The number of hydrogen-bond donors (Lipinski definition) is 0. The summed E-state index contributed by atoms with van der Waals surface area (Å²) in [5.41, 5.74) is 2.22. The van der Waals surface area contributed by atoms with Crippen molar-refractivity contribution < 1.29 is 18.9 Å². The van der Waals surface area contributed by atoms with Gasteiger partial charge >= 0.3 is 0 Å². The summed E-state index contributed by atoms with van der Waals surface area (Å²) in [4.78, 5) is 0. The molecule has 128 valence electrons. The molecule has 0 aliphatic carbocycles. The molecule has 2 atom stereocenters. The van der Waals surface area contributed by atoms with Crippen molar-refractivity contribution in [3.63, 3.8) is 0 Å². The maximum absolute atomic E-state index is 6.06. The summed E-state index contributed by atoms with van der Waals surface area (Å²) in [7, 11) is 1.66. The largest absolute Gasteiger partial charge is 0.497 e. The highest BCUT2D eigenvalue weighted by Gasteiger charge is 2.24. The van der Waals surface area contributed by atoms with Crippen molar-refractivity contribution >= 4 is 0 Å². The van der Waals surface area contributed by atoms with Crippen molar-refractivity contribution in [2.75, 3.05) is 20.3 Å². The molecule has 0 bridgehead atoms. The molecule has 0 N–H and O–H groups in total. The van der Waals surface area contributed by atoms with Crippen LogP contribution in [0.5, 0.6) is 5.75 Å². The van der Waals surface area contributed by atoms with Crippen molar-refractivity contribution in [2.45, 2.75) is 31.8 Å². The Kier molecular flexibility index (Phi) is 6.24. The van der Waals surface area contributed by atoms with Gasteiger partial charge in [-0.2, -0.15) is 0 Å². The summed E-state index contributed by atoms with van der Waals surface area (Å²) >= 11 is 0. The predicted molar refractivity (Wildman–Crippen MR) is 91.9 cm³/mol. The predicted octanol–water partition coefficient (Wildman–Crippen LogP) is 4.11. The second-order valence-corrected chi connectivity index (χ2v) is 5.85. The Morgan fingerprint density at radius 1 is 1.04 bits per heavy atom. The van der Waals surface area contributed by atoms with Crippen LogP contribution in [0, 0.1) is 0 Å². The Balaban J connectivity index is 1.43. The van der Waals surface area contributed by atoms with Crippen LogP contribution in [0.1, 0.15) is 30.3 Å². The SMILES string of the molecule is COc1ccc(C2OCCC(CCOCc3ccccc3)O2)cc1. The zero-order valence-electron chi connectivity index (χ0n) is 14.0. The molecule has 0 aromatic heterocycles. The molecule has 0 saturated carbocycles. The van der Waals surface area contributed by atoms with E-state index >= 15 is 0 Å². The van der Waals surface area contributed by atoms with E-state index in [9.17, 15) is 0 Å². The Labute approximate surface area is 143 Å². The van der Waals surface area contributed by atoms with Gasteiger partial charge in [0, 0.05) is 12.2 Å². The lowest BCUT2D eigenvalue weighted by atomic mass is 10.1. The summed E-state index contributed by atoms with van der Waals surface area (Å²) in [5.74, 6) is 0.834. The van der Waals surface area contributed by atoms with Crippen LogP contribution < -0.4 is 4.74 Å². The molecule has 1 saturated heterocycles. The Hall–Kier alpha value is -1.88. The van der Waals surface area contributed by atoms with Crippen molar-refractivity contribution in [1.82, 2.24) is 0 Å². The third-order valence-corrected chi connectivity index (χ3v) is 4.11. The zero-order valence-corrected chi connectivity index (χ0v) is 14.0. The van der Waals surface area contributed by atoms with Crippen LogP contribution in [0.3, 0.4) is 0 Å². The summed E-state index contributed by atoms with van der Waals surface area (Å²) < 4.78 is 22.7. The molecule has 0 spiro atoms. The molecule has 1 aliphatic heterocycles. The maximum Gasteiger partial charge on any atom is 0.184 e. The van der Waals surface area contributed by atoms with E-state index in [4.69, 9.17) is 18.9 Å². The van der Waals surface area contributed by atoms with Gasteiger partial charge in [0.2, 0.25) is 0 Å². The van der Waals surface area contributed by atoms with Gasteiger partial charge in [-0.25, -0.2) is 0 Å². The molecule has 3 rings (SSSR count). The van der Waals surface area contributed by atoms with Crippen LogP contribution in [0.25, 0.3) is 0 Å². The molecule has 0 amide bonds. The van der Waals surface area contributed by atoms with E-state index in [-0.39, 0.29) is 12.4 Å². The minimum absolute atomic E-state index is 0.168. The first-order chi connectivity index (χ1) is 11.8. The van der Waals surface area contributed by atoms with Crippen LogP contribution in [-0.2, 0) is 20.8 Å². The minimum atomic E-state index is -0.302. The third kappa shape index (κ3) is 4.81. The smallest absolute Gasteiger partial charge is 0.184 e. The Bertz CT molecular complexity index is 597. The maximum atomic E-state index is 6.06. The normalized spacial score (nSPS) is 20.7. The molecular formula is C20H24O4. The Morgan fingerprint density at radius 2 is 1.83 bits per heavy atom. The number of benzene rings is 2. The highest BCUT2D eigenvalue weighted by Crippen LogP contribution is 2.28. The fraction of sp³-hybridized carbons (Fsp3) is 0.400. The monoisotopic (exact) mass is 328 g/mol. The zero-order chi connectivity index (χ0) is 16.6. The van der Waals surface area contributed by atoms with Crippen LogP contribution in [-0.4, -0.2) is 26.4 Å². The highest BCUT2D eigenvalue weighted by atomic mass is 16.7. The van der Waals surface area contributed by atoms with E-state index in [0.29, 0.717) is 19.8 Å². The summed E-state index contributed by atoms with van der Waals surface area (Å²) in [6.45, 7) is 2.04. The average Bonchev–Trinajstić information content (AvgIpc) is 2.66. The van der Waals surface area contributed by atoms with E-state index in [2.05, 4.69) is 12.1 Å². The fourth-order valence-corrected chi connectivity index (χ4v) is 2.72. The van der Waals surface area contributed by atoms with Crippen LogP contribution >= 0.6 is 0 Å². The van der Waals surface area contributed by atoms with Crippen LogP contribution in [0.2, 0.25) is 0 Å². The number of hydrogen-bond acceptors (Lipinski definition) is 4. The average molecular weight is 328 g/mol. The molecule has 2 unspecified atom stereocenters. The van der Waals surface area contributed by atoms with E-state index in [1.807, 2.05) is 42.5 Å². The second kappa shape index (κ2) is 8.83. The van der Waals surface area contributed by atoms with E-state index < -0.39 is 0 Å². The summed E-state index contributed by atoms with van der Waals surface area (Å²) in [6, 6.07) is 18.0. The lowest BCUT2D eigenvalue weighted by Gasteiger charge is -2.30. The summed E-state index contributed by atoms with van der Waals surface area (Å²) in [6.07, 6.45) is 1.65. The molecule has 4 nitrogen and oxygen atoms in total. The van der Waals surface area contributed by atoms with Gasteiger partial charge in [-0.3, -0.25) is 0 Å². The topological polar surface area (TPSA) is 36.9 Å². The van der Waals surface area contributed by atoms with Gasteiger partial charge in [0.05, 0.1) is 26.4 Å². The van der Waals surface area contributed by atoms with Gasteiger partial charge in [0.15, 0.2) is 6.29 Å². The van der Waals surface area contributed by atoms with E-state index in [0.717, 1.165) is 24.2 Å². The van der Waals surface area contributed by atoms with Gasteiger partial charge in [-0.05, 0) is 30.5 Å². The first-order valence-electron chi connectivity index (χ1n) is 8.38. The molecule has 2 aromatic carbocycles. The first kappa shape index (κ1) is 17.0. The third-order valence-electron chi connectivity index (χ3n) is 4.11. The lowest BCUT2D eigenvalue weighted by Crippen LogP contribution is -2.28. The number of ether oxygens (including phenoxy) is 4. The molecule has 1 heterocycles. The molecular weight excluding hydrogens is 304 g/mol. The van der Waals surface area contributed by atoms with Gasteiger partial charge in [0.1, 0.15) is 5.75 Å². The number of rotatable bonds is 7. The van der Waals surface area contributed by atoms with Gasteiger partial charge in [-0.15, -0.1) is 0 Å². The molecule has 24 heavy (non-hydrogen) atoms. The van der Waals surface area contributed by atoms with Gasteiger partial charge < -0.3 is 18.9 Å². The lowest BCUT2D eigenvalue weighted by molar-refractivity contribution is -0.220. The molecule has 4 heteroatoms. The van der Waals surface area contributed by atoms with Crippen molar-refractivity contribution in [1.29, 1.82) is 0 Å². The van der Waals surface area contributed by atoms with Crippen LogP contribution in [0.15, 0.2) is 54.6 Å². The van der Waals surface area contributed by atoms with Crippen molar-refractivity contribution in [2.24, 2.45) is 0 Å². The fourth-order valence-electron chi connectivity index (χ4n) is 2.72. The molecule has 0 radical (unpaired) electrons. The van der Waals surface area contributed by atoms with Crippen molar-refractivity contribution in [3.05, 3.63) is 65.7 Å². The minimum Gasteiger partial charge on any atom is -0.497 e. The summed E-state index contributed by atoms with van der Waals surface area (Å²) in [5, 5.41) is 0. The highest BCUT2D eigenvalue weighted by molar-refractivity contribution is 5.27. The van der Waals surface area contributed by atoms with E-state index in [1.165, 1.54) is 5.56 Å².